The zero-order chi connectivity index (χ0) is 21.7. The van der Waals surface area contributed by atoms with Crippen LogP contribution < -0.4 is 5.32 Å². The molecule has 6 heteroatoms. The lowest BCUT2D eigenvalue weighted by Crippen LogP contribution is -2.32. The molecule has 0 radical (unpaired) electrons. The fourth-order valence-electron chi connectivity index (χ4n) is 3.48. The van der Waals surface area contributed by atoms with Crippen molar-refractivity contribution in [2.75, 3.05) is 13.7 Å². The molecule has 0 amide bonds. The van der Waals surface area contributed by atoms with E-state index in [2.05, 4.69) is 5.32 Å². The second-order valence-electron chi connectivity index (χ2n) is 7.06. The summed E-state index contributed by atoms with van der Waals surface area (Å²) >= 11 is 1.51. The molecule has 156 valence electrons. The summed E-state index contributed by atoms with van der Waals surface area (Å²) in [6.07, 6.45) is 3.70. The number of thiophene rings is 1. The first-order valence-electron chi connectivity index (χ1n) is 9.63. The van der Waals surface area contributed by atoms with Gasteiger partial charge in [0.15, 0.2) is 0 Å². The number of nitrogens with one attached hydrogen (secondary N) is 1. The maximum atomic E-state index is 13.0. The minimum absolute atomic E-state index is 0.136. The van der Waals surface area contributed by atoms with Crippen LogP contribution in [0.4, 0.5) is 0 Å². The molecule has 0 spiro atoms. The van der Waals surface area contributed by atoms with Crippen molar-refractivity contribution < 1.29 is 19.1 Å². The Balaban J connectivity index is 1.86. The maximum Gasteiger partial charge on any atom is 0.337 e. The average molecular weight is 424 g/mol. The molecule has 1 N–H and O–H groups in total. The van der Waals surface area contributed by atoms with Crippen molar-refractivity contribution in [1.29, 1.82) is 0 Å². The number of dihydropyridines is 1. The summed E-state index contributed by atoms with van der Waals surface area (Å²) in [7, 11) is 1.34. The van der Waals surface area contributed by atoms with E-state index in [9.17, 15) is 9.59 Å². The van der Waals surface area contributed by atoms with Gasteiger partial charge < -0.3 is 14.8 Å². The van der Waals surface area contributed by atoms with E-state index in [1.807, 2.05) is 68.6 Å². The standard InChI is InChI=1S/C24H25NO4S/c1-15-13-19(30-14-15)22-20(23(26)28-4)16(2)25-17(3)21(22)24(27)29-12-8-11-18-9-6-5-7-10-18/h5-11,13-14,22,25H,12H2,1-4H3. The van der Waals surface area contributed by atoms with Crippen LogP contribution in [0.3, 0.4) is 0 Å². The highest BCUT2D eigenvalue weighted by Crippen LogP contribution is 2.41. The summed E-state index contributed by atoms with van der Waals surface area (Å²) in [6.45, 7) is 5.75. The van der Waals surface area contributed by atoms with Gasteiger partial charge >= 0.3 is 11.9 Å². The third-order valence-electron chi connectivity index (χ3n) is 4.84. The first kappa shape index (κ1) is 21.6. The third kappa shape index (κ3) is 4.71. The molecule has 1 aliphatic heterocycles. The van der Waals surface area contributed by atoms with Crippen LogP contribution in [0.2, 0.25) is 0 Å². The quantitative estimate of drug-likeness (QED) is 0.681. The number of aryl methyl sites for hydroxylation is 1. The molecule has 1 aromatic carbocycles. The second kappa shape index (κ2) is 9.59. The average Bonchev–Trinajstić information content (AvgIpc) is 3.16. The Labute approximate surface area is 180 Å². The second-order valence-corrected chi connectivity index (χ2v) is 8.01. The summed E-state index contributed by atoms with van der Waals surface area (Å²) in [5.74, 6) is -1.44. The van der Waals surface area contributed by atoms with Gasteiger partial charge in [0, 0.05) is 16.3 Å². The van der Waals surface area contributed by atoms with Gasteiger partial charge in [-0.15, -0.1) is 11.3 Å². The van der Waals surface area contributed by atoms with Crippen LogP contribution in [0.25, 0.3) is 6.08 Å². The normalized spacial score (nSPS) is 16.6. The fourth-order valence-corrected chi connectivity index (χ4v) is 4.50. The van der Waals surface area contributed by atoms with Crippen molar-refractivity contribution in [3.8, 4) is 0 Å². The van der Waals surface area contributed by atoms with Crippen LogP contribution in [0.15, 0.2) is 70.4 Å². The molecule has 1 aromatic heterocycles. The molecule has 2 heterocycles. The molecular weight excluding hydrogens is 398 g/mol. The Kier molecular flexibility index (Phi) is 6.90. The Bertz CT molecular complexity index is 1030. The van der Waals surface area contributed by atoms with Gasteiger partial charge in [-0.05, 0) is 49.4 Å². The Morgan fingerprint density at radius 3 is 2.33 bits per heavy atom. The molecule has 2 aromatic rings. The smallest absolute Gasteiger partial charge is 0.337 e. The lowest BCUT2D eigenvalue weighted by Gasteiger charge is -2.29. The number of allylic oxidation sites excluding steroid dienone is 2. The van der Waals surface area contributed by atoms with Gasteiger partial charge in [0.05, 0.1) is 24.2 Å². The summed E-state index contributed by atoms with van der Waals surface area (Å²) in [5, 5.41) is 5.14. The molecule has 1 atom stereocenters. The number of esters is 2. The largest absolute Gasteiger partial charge is 0.466 e. The number of hydrogen-bond acceptors (Lipinski definition) is 6. The number of carbonyl (C=O) groups excluding carboxylic acids is 2. The van der Waals surface area contributed by atoms with Crippen LogP contribution in [-0.4, -0.2) is 25.7 Å². The molecule has 0 fully saturated rings. The van der Waals surface area contributed by atoms with E-state index in [0.29, 0.717) is 22.5 Å². The van der Waals surface area contributed by atoms with E-state index in [0.717, 1.165) is 16.0 Å². The molecule has 30 heavy (non-hydrogen) atoms. The van der Waals surface area contributed by atoms with E-state index in [4.69, 9.17) is 9.47 Å². The van der Waals surface area contributed by atoms with Gasteiger partial charge in [0.2, 0.25) is 0 Å². The van der Waals surface area contributed by atoms with Gasteiger partial charge in [-0.1, -0.05) is 36.4 Å². The van der Waals surface area contributed by atoms with Crippen LogP contribution in [0.5, 0.6) is 0 Å². The number of carbonyl (C=O) groups is 2. The Hall–Kier alpha value is -3.12. The van der Waals surface area contributed by atoms with Gasteiger partial charge in [-0.25, -0.2) is 9.59 Å². The van der Waals surface area contributed by atoms with Crippen molar-refractivity contribution in [2.45, 2.75) is 26.7 Å². The Morgan fingerprint density at radius 2 is 1.73 bits per heavy atom. The van der Waals surface area contributed by atoms with Crippen molar-refractivity contribution in [2.24, 2.45) is 0 Å². The zero-order valence-electron chi connectivity index (χ0n) is 17.5. The molecule has 3 rings (SSSR count). The van der Waals surface area contributed by atoms with Crippen molar-refractivity contribution in [1.82, 2.24) is 5.32 Å². The SMILES string of the molecule is COC(=O)C1=C(C)NC(C)=C(C(=O)OCC=Cc2ccccc2)C1c1cc(C)cs1. The highest BCUT2D eigenvalue weighted by Gasteiger charge is 2.38. The first-order chi connectivity index (χ1) is 14.4. The molecule has 0 saturated carbocycles. The van der Waals surface area contributed by atoms with E-state index in [1.165, 1.54) is 18.4 Å². The molecule has 1 unspecified atom stereocenters. The van der Waals surface area contributed by atoms with Crippen molar-refractivity contribution >= 4 is 29.4 Å². The Morgan fingerprint density at radius 1 is 1.07 bits per heavy atom. The predicted molar refractivity (Wildman–Crippen MR) is 119 cm³/mol. The van der Waals surface area contributed by atoms with E-state index >= 15 is 0 Å². The van der Waals surface area contributed by atoms with E-state index in [1.54, 1.807) is 6.08 Å². The zero-order valence-corrected chi connectivity index (χ0v) is 18.3. The van der Waals surface area contributed by atoms with Crippen LogP contribution >= 0.6 is 11.3 Å². The number of benzene rings is 1. The van der Waals surface area contributed by atoms with Crippen LogP contribution in [-0.2, 0) is 19.1 Å². The lowest BCUT2D eigenvalue weighted by molar-refractivity contribution is -0.138. The van der Waals surface area contributed by atoms with Crippen molar-refractivity contribution in [3.63, 3.8) is 0 Å². The highest BCUT2D eigenvalue weighted by molar-refractivity contribution is 7.10. The summed E-state index contributed by atoms with van der Waals surface area (Å²) in [5.41, 5.74) is 4.31. The number of rotatable bonds is 6. The molecular formula is C24H25NO4S. The summed E-state index contributed by atoms with van der Waals surface area (Å²) < 4.78 is 10.5. The highest BCUT2D eigenvalue weighted by atomic mass is 32.1. The minimum Gasteiger partial charge on any atom is -0.466 e. The molecule has 0 saturated heterocycles. The van der Waals surface area contributed by atoms with Crippen molar-refractivity contribution in [3.05, 3.63) is 86.4 Å². The van der Waals surface area contributed by atoms with Gasteiger partial charge in [-0.2, -0.15) is 0 Å². The molecule has 0 aliphatic carbocycles. The predicted octanol–water partition coefficient (Wildman–Crippen LogP) is 4.72. The number of hydrogen-bond donors (Lipinski definition) is 1. The van der Waals surface area contributed by atoms with E-state index in [-0.39, 0.29) is 6.61 Å². The van der Waals surface area contributed by atoms with Gasteiger partial charge in [0.1, 0.15) is 6.61 Å². The number of ether oxygens (including phenoxy) is 2. The topological polar surface area (TPSA) is 64.6 Å². The summed E-state index contributed by atoms with van der Waals surface area (Å²) in [4.78, 5) is 26.5. The first-order valence-corrected chi connectivity index (χ1v) is 10.5. The van der Waals surface area contributed by atoms with Gasteiger partial charge in [-0.3, -0.25) is 0 Å². The van der Waals surface area contributed by atoms with Crippen LogP contribution in [0, 0.1) is 6.92 Å². The summed E-state index contributed by atoms with van der Waals surface area (Å²) in [6, 6.07) is 11.8. The monoisotopic (exact) mass is 423 g/mol. The van der Waals surface area contributed by atoms with Crippen LogP contribution in [0.1, 0.15) is 35.8 Å². The van der Waals surface area contributed by atoms with Gasteiger partial charge in [0.25, 0.3) is 0 Å². The lowest BCUT2D eigenvalue weighted by atomic mass is 9.84. The molecule has 0 bridgehead atoms. The minimum atomic E-state index is -0.525. The molecule has 1 aliphatic rings. The third-order valence-corrected chi connectivity index (χ3v) is 5.96. The maximum absolute atomic E-state index is 13.0. The fraction of sp³-hybridized carbons (Fsp3) is 0.250. The molecule has 5 nitrogen and oxygen atoms in total. The van der Waals surface area contributed by atoms with E-state index < -0.39 is 17.9 Å². The number of methoxy groups -OCH3 is 1.